The number of H-pyrrole nitrogens is 2. The van der Waals surface area contributed by atoms with Crippen LogP contribution in [0.15, 0.2) is 33.9 Å². The molecule has 2 heterocycles. The molecular weight excluding hydrogens is 338 g/mol. The van der Waals surface area contributed by atoms with Crippen LogP contribution >= 0.6 is 0 Å². The summed E-state index contributed by atoms with van der Waals surface area (Å²) in [5.41, 5.74) is -0.270. The first kappa shape index (κ1) is 19.1. The molecule has 2 aromatic rings. The van der Waals surface area contributed by atoms with E-state index in [1.54, 1.807) is 0 Å². The maximum Gasteiger partial charge on any atom is 0.268 e. The fourth-order valence-electron chi connectivity index (χ4n) is 2.11. The second-order valence-electron chi connectivity index (χ2n) is 5.82. The second-order valence-corrected chi connectivity index (χ2v) is 5.82. The molecule has 0 fully saturated rings. The van der Waals surface area contributed by atoms with Crippen molar-refractivity contribution in [2.45, 2.75) is 33.4 Å². The van der Waals surface area contributed by atoms with Crippen LogP contribution in [-0.4, -0.2) is 26.8 Å². The van der Waals surface area contributed by atoms with Gasteiger partial charge in [0.2, 0.25) is 11.5 Å². The van der Waals surface area contributed by atoms with Crippen LogP contribution in [0, 0.1) is 5.92 Å². The molecule has 2 rings (SSSR count). The number of amides is 2. The van der Waals surface area contributed by atoms with Gasteiger partial charge in [0.05, 0.1) is 18.8 Å². The van der Waals surface area contributed by atoms with Gasteiger partial charge in [-0.2, -0.15) is 0 Å². The lowest BCUT2D eigenvalue weighted by molar-refractivity contribution is -0.124. The normalized spacial score (nSPS) is 11.6. The van der Waals surface area contributed by atoms with E-state index in [1.807, 2.05) is 13.8 Å². The Kier molecular flexibility index (Phi) is 6.42. The third-order valence-corrected chi connectivity index (χ3v) is 3.78. The first-order chi connectivity index (χ1) is 12.4. The molecule has 2 amide bonds. The molecule has 4 N–H and O–H groups in total. The molecule has 0 aliphatic heterocycles. The standard InChI is InChI=1S/C17H21N5O4/c1-3-10(2)16(25)18-8-11-7-15(24)22-13(20-11)9-19-17(26)12-5-4-6-14(23)21-12/h4-7,10H,3,8-9H2,1-2H3,(H,18,25)(H,19,26)(H,21,23)(H,20,22,24). The smallest absolute Gasteiger partial charge is 0.268 e. The van der Waals surface area contributed by atoms with Crippen LogP contribution in [-0.2, 0) is 17.9 Å². The van der Waals surface area contributed by atoms with Crippen LogP contribution < -0.4 is 21.8 Å². The third-order valence-electron chi connectivity index (χ3n) is 3.78. The van der Waals surface area contributed by atoms with Gasteiger partial charge in [-0.1, -0.05) is 19.9 Å². The number of rotatable bonds is 7. The van der Waals surface area contributed by atoms with Gasteiger partial charge >= 0.3 is 0 Å². The lowest BCUT2D eigenvalue weighted by atomic mass is 10.1. The molecule has 26 heavy (non-hydrogen) atoms. The fourth-order valence-corrected chi connectivity index (χ4v) is 2.11. The number of carbonyl (C=O) groups excluding carboxylic acids is 2. The number of carbonyl (C=O) groups is 2. The number of hydrogen-bond acceptors (Lipinski definition) is 5. The second kappa shape index (κ2) is 8.75. The quantitative estimate of drug-likeness (QED) is 0.554. The minimum atomic E-state index is -0.499. The summed E-state index contributed by atoms with van der Waals surface area (Å²) < 4.78 is 0. The van der Waals surface area contributed by atoms with Gasteiger partial charge in [0.25, 0.3) is 11.5 Å². The van der Waals surface area contributed by atoms with Crippen molar-refractivity contribution in [3.8, 4) is 0 Å². The SMILES string of the molecule is CCC(C)C(=O)NCc1cc(=O)[nH]c(CNC(=O)c2cccc(=O)[nH]2)n1. The molecule has 138 valence electrons. The number of aromatic nitrogens is 3. The largest absolute Gasteiger partial charge is 0.350 e. The highest BCUT2D eigenvalue weighted by Gasteiger charge is 2.11. The predicted molar refractivity (Wildman–Crippen MR) is 94.4 cm³/mol. The van der Waals surface area contributed by atoms with Gasteiger partial charge in [0, 0.05) is 18.1 Å². The molecule has 0 saturated carbocycles. The van der Waals surface area contributed by atoms with Crippen LogP contribution in [0.4, 0.5) is 0 Å². The van der Waals surface area contributed by atoms with Gasteiger partial charge in [-0.25, -0.2) is 4.98 Å². The molecule has 0 aliphatic rings. The summed E-state index contributed by atoms with van der Waals surface area (Å²) in [6.45, 7) is 3.82. The van der Waals surface area contributed by atoms with E-state index in [0.29, 0.717) is 12.1 Å². The number of aromatic amines is 2. The predicted octanol–water partition coefficient (Wildman–Crippen LogP) is 0.0505. The van der Waals surface area contributed by atoms with E-state index in [-0.39, 0.29) is 47.6 Å². The van der Waals surface area contributed by atoms with E-state index in [4.69, 9.17) is 0 Å². The van der Waals surface area contributed by atoms with Crippen molar-refractivity contribution in [2.75, 3.05) is 0 Å². The Balaban J connectivity index is 2.00. The van der Waals surface area contributed by atoms with Crippen molar-refractivity contribution in [1.82, 2.24) is 25.6 Å². The molecule has 0 aromatic carbocycles. The first-order valence-electron chi connectivity index (χ1n) is 8.23. The van der Waals surface area contributed by atoms with Gasteiger partial charge in [-0.05, 0) is 12.5 Å². The zero-order chi connectivity index (χ0) is 19.1. The van der Waals surface area contributed by atoms with E-state index < -0.39 is 5.91 Å². The molecular formula is C17H21N5O4. The Labute approximate surface area is 149 Å². The molecule has 1 unspecified atom stereocenters. The van der Waals surface area contributed by atoms with Crippen LogP contribution in [0.5, 0.6) is 0 Å². The highest BCUT2D eigenvalue weighted by Crippen LogP contribution is 2.01. The molecule has 0 saturated heterocycles. The number of pyridine rings is 1. The maximum atomic E-state index is 12.0. The van der Waals surface area contributed by atoms with E-state index >= 15 is 0 Å². The van der Waals surface area contributed by atoms with Crippen molar-refractivity contribution >= 4 is 11.8 Å². The molecule has 9 heteroatoms. The lowest BCUT2D eigenvalue weighted by Crippen LogP contribution is -2.30. The van der Waals surface area contributed by atoms with Gasteiger partial charge in [0.1, 0.15) is 11.5 Å². The Hall–Kier alpha value is -3.23. The first-order valence-corrected chi connectivity index (χ1v) is 8.23. The van der Waals surface area contributed by atoms with Gasteiger partial charge in [-0.15, -0.1) is 0 Å². The van der Waals surface area contributed by atoms with Crippen LogP contribution in [0.1, 0.15) is 42.3 Å². The number of hydrogen-bond donors (Lipinski definition) is 4. The summed E-state index contributed by atoms with van der Waals surface area (Å²) >= 11 is 0. The van der Waals surface area contributed by atoms with Gasteiger partial charge in [-0.3, -0.25) is 19.2 Å². The summed E-state index contributed by atoms with van der Waals surface area (Å²) in [4.78, 5) is 55.9. The zero-order valence-corrected chi connectivity index (χ0v) is 14.6. The molecule has 0 bridgehead atoms. The summed E-state index contributed by atoms with van der Waals surface area (Å²) in [5, 5.41) is 5.28. The van der Waals surface area contributed by atoms with Crippen LogP contribution in [0.3, 0.4) is 0 Å². The van der Waals surface area contributed by atoms with E-state index in [1.165, 1.54) is 24.3 Å². The van der Waals surface area contributed by atoms with Crippen LogP contribution in [0.2, 0.25) is 0 Å². The van der Waals surface area contributed by atoms with Gasteiger partial charge in [0.15, 0.2) is 0 Å². The average Bonchev–Trinajstić information content (AvgIpc) is 2.63. The summed E-state index contributed by atoms with van der Waals surface area (Å²) in [6.07, 6.45) is 0.716. The molecule has 2 aromatic heterocycles. The number of nitrogens with one attached hydrogen (secondary N) is 4. The summed E-state index contributed by atoms with van der Waals surface area (Å²) in [5.74, 6) is -0.487. The van der Waals surface area contributed by atoms with Crippen molar-refractivity contribution in [1.29, 1.82) is 0 Å². The monoisotopic (exact) mass is 359 g/mol. The third kappa shape index (κ3) is 5.40. The molecule has 9 nitrogen and oxygen atoms in total. The van der Waals surface area contributed by atoms with Gasteiger partial charge < -0.3 is 20.6 Å². The molecule has 0 radical (unpaired) electrons. The number of nitrogens with zero attached hydrogens (tertiary/aromatic N) is 1. The Morgan fingerprint density at radius 3 is 2.58 bits per heavy atom. The van der Waals surface area contributed by atoms with Crippen LogP contribution in [0.25, 0.3) is 0 Å². The van der Waals surface area contributed by atoms with E-state index in [9.17, 15) is 19.2 Å². The van der Waals surface area contributed by atoms with E-state index in [2.05, 4.69) is 25.6 Å². The summed E-state index contributed by atoms with van der Waals surface area (Å²) in [7, 11) is 0. The Morgan fingerprint density at radius 1 is 1.12 bits per heavy atom. The minimum absolute atomic E-state index is 0.0296. The zero-order valence-electron chi connectivity index (χ0n) is 14.6. The maximum absolute atomic E-state index is 12.0. The topological polar surface area (TPSA) is 137 Å². The Bertz CT molecular complexity index is 902. The Morgan fingerprint density at radius 2 is 1.88 bits per heavy atom. The molecule has 0 aliphatic carbocycles. The summed E-state index contributed by atoms with van der Waals surface area (Å²) in [6, 6.07) is 5.52. The van der Waals surface area contributed by atoms with Crippen molar-refractivity contribution in [3.63, 3.8) is 0 Å². The van der Waals surface area contributed by atoms with E-state index in [0.717, 1.165) is 0 Å². The molecule has 0 spiro atoms. The van der Waals surface area contributed by atoms with Crippen molar-refractivity contribution in [3.05, 3.63) is 62.2 Å². The minimum Gasteiger partial charge on any atom is -0.350 e. The highest BCUT2D eigenvalue weighted by atomic mass is 16.2. The lowest BCUT2D eigenvalue weighted by Gasteiger charge is -2.10. The van der Waals surface area contributed by atoms with Crippen molar-refractivity contribution < 1.29 is 9.59 Å². The fraction of sp³-hybridized carbons (Fsp3) is 0.353. The van der Waals surface area contributed by atoms with Crippen molar-refractivity contribution in [2.24, 2.45) is 5.92 Å². The average molecular weight is 359 g/mol. The highest BCUT2D eigenvalue weighted by molar-refractivity contribution is 5.92. The molecule has 1 atom stereocenters.